The predicted molar refractivity (Wildman–Crippen MR) is 66.6 cm³/mol. The molecule has 0 aromatic rings. The average Bonchev–Trinajstić information content (AvgIpc) is 2.37. The van der Waals surface area contributed by atoms with Gasteiger partial charge in [0.05, 0.1) is 12.5 Å². The van der Waals surface area contributed by atoms with E-state index in [-0.39, 0.29) is 18.9 Å². The molecule has 108 valence electrons. The number of carboxylic acid groups (broad SMARTS) is 1. The molecule has 0 radical (unpaired) electrons. The number of hydrogen-bond donors (Lipinski definition) is 3. The molecule has 7 heteroatoms. The number of hydrogen-bond acceptors (Lipinski definition) is 4. The highest BCUT2D eigenvalue weighted by Crippen LogP contribution is 2.14. The molecule has 0 bridgehead atoms. The highest BCUT2D eigenvalue weighted by molar-refractivity contribution is 5.95. The number of carbonyl (C=O) groups is 3. The summed E-state index contributed by atoms with van der Waals surface area (Å²) in [5, 5.41) is 13.0. The fraction of sp³-hybridized carbons (Fsp3) is 0.750. The number of urea groups is 1. The second-order valence-electron chi connectivity index (χ2n) is 4.48. The molecule has 0 aromatic carbocycles. The maximum Gasteiger partial charge on any atom is 0.321 e. The van der Waals surface area contributed by atoms with E-state index in [0.29, 0.717) is 6.54 Å². The van der Waals surface area contributed by atoms with Crippen LogP contribution in [0.15, 0.2) is 0 Å². The zero-order valence-electron chi connectivity index (χ0n) is 10.8. The Morgan fingerprint density at radius 1 is 1.21 bits per heavy atom. The number of amides is 3. The first-order valence-electron chi connectivity index (χ1n) is 6.49. The number of carboxylic acids is 1. The molecular formula is C12H20N2O5. The van der Waals surface area contributed by atoms with E-state index >= 15 is 0 Å². The third-order valence-corrected chi connectivity index (χ3v) is 2.84. The maximum atomic E-state index is 11.3. The van der Waals surface area contributed by atoms with Gasteiger partial charge in [0, 0.05) is 19.6 Å². The molecule has 1 atom stereocenters. The summed E-state index contributed by atoms with van der Waals surface area (Å²) >= 11 is 0. The molecule has 0 aromatic heterocycles. The lowest BCUT2D eigenvalue weighted by molar-refractivity contribution is -0.138. The molecule has 3 amide bonds. The van der Waals surface area contributed by atoms with Crippen molar-refractivity contribution in [2.75, 3.05) is 13.2 Å². The van der Waals surface area contributed by atoms with Gasteiger partial charge in [0.2, 0.25) is 5.91 Å². The van der Waals surface area contributed by atoms with Gasteiger partial charge in [-0.1, -0.05) is 0 Å². The van der Waals surface area contributed by atoms with Gasteiger partial charge in [-0.05, 0) is 25.7 Å². The SMILES string of the molecule is O=C(O)CCC(=O)NC(=O)NCCC1CCCCO1. The number of ether oxygens (including phenoxy) is 1. The highest BCUT2D eigenvalue weighted by Gasteiger charge is 2.14. The van der Waals surface area contributed by atoms with Crippen molar-refractivity contribution < 1.29 is 24.2 Å². The molecule has 19 heavy (non-hydrogen) atoms. The van der Waals surface area contributed by atoms with E-state index in [4.69, 9.17) is 9.84 Å². The van der Waals surface area contributed by atoms with E-state index in [1.165, 1.54) is 0 Å². The third-order valence-electron chi connectivity index (χ3n) is 2.84. The summed E-state index contributed by atoms with van der Waals surface area (Å²) in [4.78, 5) is 32.7. The average molecular weight is 272 g/mol. The van der Waals surface area contributed by atoms with Crippen molar-refractivity contribution in [1.29, 1.82) is 0 Å². The van der Waals surface area contributed by atoms with Crippen LogP contribution in [0.4, 0.5) is 4.79 Å². The Morgan fingerprint density at radius 3 is 2.63 bits per heavy atom. The minimum atomic E-state index is -1.06. The first-order chi connectivity index (χ1) is 9.08. The molecule has 0 aliphatic carbocycles. The molecule has 1 rings (SSSR count). The van der Waals surface area contributed by atoms with Crippen molar-refractivity contribution in [1.82, 2.24) is 10.6 Å². The van der Waals surface area contributed by atoms with Crippen LogP contribution in [0, 0.1) is 0 Å². The van der Waals surface area contributed by atoms with Gasteiger partial charge >= 0.3 is 12.0 Å². The van der Waals surface area contributed by atoms with Gasteiger partial charge in [-0.2, -0.15) is 0 Å². The lowest BCUT2D eigenvalue weighted by Gasteiger charge is -2.22. The highest BCUT2D eigenvalue weighted by atomic mass is 16.5. The van der Waals surface area contributed by atoms with Crippen molar-refractivity contribution in [2.45, 2.75) is 44.6 Å². The van der Waals surface area contributed by atoms with Crippen LogP contribution < -0.4 is 10.6 Å². The van der Waals surface area contributed by atoms with E-state index in [1.54, 1.807) is 0 Å². The number of nitrogens with one attached hydrogen (secondary N) is 2. The first-order valence-corrected chi connectivity index (χ1v) is 6.49. The van der Waals surface area contributed by atoms with Crippen molar-refractivity contribution in [3.63, 3.8) is 0 Å². The smallest absolute Gasteiger partial charge is 0.321 e. The zero-order chi connectivity index (χ0) is 14.1. The zero-order valence-corrected chi connectivity index (χ0v) is 10.8. The molecular weight excluding hydrogens is 252 g/mol. The first kappa shape index (κ1) is 15.4. The summed E-state index contributed by atoms with van der Waals surface area (Å²) in [6.07, 6.45) is 3.64. The molecule has 1 saturated heterocycles. The van der Waals surface area contributed by atoms with E-state index in [0.717, 1.165) is 32.3 Å². The van der Waals surface area contributed by atoms with Crippen LogP contribution in [-0.4, -0.2) is 42.3 Å². The normalized spacial score (nSPS) is 18.6. The van der Waals surface area contributed by atoms with Crippen molar-refractivity contribution in [3.8, 4) is 0 Å². The van der Waals surface area contributed by atoms with E-state index in [2.05, 4.69) is 10.6 Å². The van der Waals surface area contributed by atoms with Gasteiger partial charge < -0.3 is 15.2 Å². The molecule has 1 unspecified atom stereocenters. The number of imide groups is 1. The quantitative estimate of drug-likeness (QED) is 0.658. The summed E-state index contributed by atoms with van der Waals surface area (Å²) in [5.74, 6) is -1.65. The molecule has 0 spiro atoms. The molecule has 1 aliphatic rings. The number of carbonyl (C=O) groups excluding carboxylic acids is 2. The van der Waals surface area contributed by atoms with Gasteiger partial charge in [-0.3, -0.25) is 14.9 Å². The summed E-state index contributed by atoms with van der Waals surface area (Å²) in [7, 11) is 0. The van der Waals surface area contributed by atoms with Crippen LogP contribution in [0.3, 0.4) is 0 Å². The monoisotopic (exact) mass is 272 g/mol. The summed E-state index contributed by atoms with van der Waals surface area (Å²) < 4.78 is 5.50. The summed E-state index contributed by atoms with van der Waals surface area (Å²) in [6.45, 7) is 1.20. The van der Waals surface area contributed by atoms with Crippen molar-refractivity contribution >= 4 is 17.9 Å². The van der Waals surface area contributed by atoms with Crippen molar-refractivity contribution in [3.05, 3.63) is 0 Å². The minimum Gasteiger partial charge on any atom is -0.481 e. The molecule has 1 aliphatic heterocycles. The third kappa shape index (κ3) is 7.40. The standard InChI is InChI=1S/C12H20N2O5/c15-10(4-5-11(16)17)14-12(18)13-7-6-9-3-1-2-8-19-9/h9H,1-8H2,(H,16,17)(H2,13,14,15,18). The lowest BCUT2D eigenvalue weighted by Crippen LogP contribution is -2.40. The summed E-state index contributed by atoms with van der Waals surface area (Å²) in [5.41, 5.74) is 0. The Balaban J connectivity index is 2.06. The van der Waals surface area contributed by atoms with Crippen molar-refractivity contribution in [2.24, 2.45) is 0 Å². The topological polar surface area (TPSA) is 105 Å². The van der Waals surface area contributed by atoms with Gasteiger partial charge in [0.25, 0.3) is 0 Å². The Bertz CT molecular complexity index is 326. The minimum absolute atomic E-state index is 0.178. The summed E-state index contributed by atoms with van der Waals surface area (Å²) in [6, 6.07) is -0.591. The van der Waals surface area contributed by atoms with Gasteiger partial charge in [-0.25, -0.2) is 4.79 Å². The molecule has 1 fully saturated rings. The molecule has 7 nitrogen and oxygen atoms in total. The second kappa shape index (κ2) is 8.47. The molecule has 3 N–H and O–H groups in total. The Morgan fingerprint density at radius 2 is 2.00 bits per heavy atom. The molecule has 0 saturated carbocycles. The largest absolute Gasteiger partial charge is 0.481 e. The fourth-order valence-corrected chi connectivity index (χ4v) is 1.84. The predicted octanol–water partition coefficient (Wildman–Crippen LogP) is 0.636. The van der Waals surface area contributed by atoms with Gasteiger partial charge in [0.15, 0.2) is 0 Å². The number of aliphatic carboxylic acids is 1. The van der Waals surface area contributed by atoms with E-state index in [9.17, 15) is 14.4 Å². The fourth-order valence-electron chi connectivity index (χ4n) is 1.84. The maximum absolute atomic E-state index is 11.3. The van der Waals surface area contributed by atoms with E-state index in [1.807, 2.05) is 0 Å². The van der Waals surface area contributed by atoms with Crippen LogP contribution in [0.1, 0.15) is 38.5 Å². The lowest BCUT2D eigenvalue weighted by atomic mass is 10.1. The molecule has 1 heterocycles. The van der Waals surface area contributed by atoms with Crippen LogP contribution >= 0.6 is 0 Å². The Labute approximate surface area is 111 Å². The Hall–Kier alpha value is -1.63. The van der Waals surface area contributed by atoms with Gasteiger partial charge in [-0.15, -0.1) is 0 Å². The Kier molecular flexibility index (Phi) is 6.88. The van der Waals surface area contributed by atoms with Crippen LogP contribution in [0.25, 0.3) is 0 Å². The van der Waals surface area contributed by atoms with Crippen LogP contribution in [0.5, 0.6) is 0 Å². The second-order valence-corrected chi connectivity index (χ2v) is 4.48. The van der Waals surface area contributed by atoms with E-state index < -0.39 is 17.9 Å². The van der Waals surface area contributed by atoms with Crippen LogP contribution in [0.2, 0.25) is 0 Å². The number of rotatable bonds is 6. The van der Waals surface area contributed by atoms with Gasteiger partial charge in [0.1, 0.15) is 0 Å². The van der Waals surface area contributed by atoms with Crippen LogP contribution in [-0.2, 0) is 14.3 Å².